The second-order valence-electron chi connectivity index (χ2n) is 8.26. The van der Waals surface area contributed by atoms with Gasteiger partial charge in [-0.25, -0.2) is 10.4 Å². The number of carbonyl (C=O) groups excluding carboxylic acids is 1. The van der Waals surface area contributed by atoms with Gasteiger partial charge in [0.2, 0.25) is 0 Å². The molecule has 4 aromatic rings. The lowest BCUT2D eigenvalue weighted by Crippen LogP contribution is -2.24. The normalized spacial score (nSPS) is 13.3. The molecule has 1 aliphatic rings. The van der Waals surface area contributed by atoms with Gasteiger partial charge in [0.05, 0.1) is 23.0 Å². The maximum Gasteiger partial charge on any atom is 0.267 e. The fraction of sp³-hybridized carbons (Fsp3) is 0.231. The van der Waals surface area contributed by atoms with E-state index < -0.39 is 0 Å². The van der Waals surface area contributed by atoms with E-state index in [-0.39, 0.29) is 17.2 Å². The Morgan fingerprint density at radius 1 is 1.18 bits per heavy atom. The fourth-order valence-electron chi connectivity index (χ4n) is 4.18. The number of fused-ring (bicyclic) bond motifs is 3. The van der Waals surface area contributed by atoms with Crippen molar-refractivity contribution in [1.82, 2.24) is 15.0 Å². The van der Waals surface area contributed by atoms with E-state index in [0.29, 0.717) is 5.16 Å². The Morgan fingerprint density at radius 2 is 2.00 bits per heavy atom. The number of thioether (sulfide) groups is 1. The number of aromatic nitrogens is 2. The number of carbonyl (C=O) groups is 1. The Balaban J connectivity index is 1.42. The van der Waals surface area contributed by atoms with Crippen LogP contribution in [0.25, 0.3) is 15.9 Å². The van der Waals surface area contributed by atoms with Crippen LogP contribution in [-0.4, -0.2) is 27.4 Å². The lowest BCUT2D eigenvalue weighted by Gasteiger charge is -2.13. The molecule has 2 aromatic heterocycles. The number of rotatable bonds is 6. The summed E-state index contributed by atoms with van der Waals surface area (Å²) in [6.07, 6.45) is 5.80. The molecule has 1 N–H and O–H groups in total. The van der Waals surface area contributed by atoms with E-state index in [4.69, 9.17) is 4.98 Å². The number of nitrogens with zero attached hydrogens (tertiary/aromatic N) is 3. The molecule has 0 aliphatic heterocycles. The second kappa shape index (κ2) is 9.95. The first-order chi connectivity index (χ1) is 16.6. The van der Waals surface area contributed by atoms with Crippen molar-refractivity contribution in [3.63, 3.8) is 0 Å². The molecule has 172 valence electrons. The highest BCUT2D eigenvalue weighted by Crippen LogP contribution is 2.35. The molecule has 0 fully saturated rings. The van der Waals surface area contributed by atoms with Crippen molar-refractivity contribution in [2.75, 3.05) is 5.75 Å². The third kappa shape index (κ3) is 4.69. The molecule has 1 aliphatic carbocycles. The molecule has 0 saturated heterocycles. The number of para-hydroxylation sites is 1. The lowest BCUT2D eigenvalue weighted by molar-refractivity contribution is -0.118. The Kier molecular flexibility index (Phi) is 6.60. The van der Waals surface area contributed by atoms with Crippen LogP contribution >= 0.6 is 23.1 Å². The highest BCUT2D eigenvalue weighted by Gasteiger charge is 2.23. The van der Waals surface area contributed by atoms with Crippen LogP contribution in [-0.2, 0) is 17.6 Å². The van der Waals surface area contributed by atoms with Gasteiger partial charge in [0.15, 0.2) is 5.16 Å². The van der Waals surface area contributed by atoms with E-state index in [1.54, 1.807) is 22.1 Å². The fourth-order valence-corrected chi connectivity index (χ4v) is 6.29. The summed E-state index contributed by atoms with van der Waals surface area (Å²) >= 11 is 2.86. The number of hydrogen-bond acceptors (Lipinski definition) is 6. The molecule has 5 rings (SSSR count). The van der Waals surface area contributed by atoms with Crippen LogP contribution < -0.4 is 11.0 Å². The first kappa shape index (κ1) is 22.6. The minimum atomic E-state index is -0.256. The molecule has 6 nitrogen and oxygen atoms in total. The summed E-state index contributed by atoms with van der Waals surface area (Å²) in [6, 6.07) is 17.4. The van der Waals surface area contributed by atoms with Crippen molar-refractivity contribution in [1.29, 1.82) is 0 Å². The average molecular weight is 489 g/mol. The number of hydrazone groups is 1. The van der Waals surface area contributed by atoms with E-state index in [1.807, 2.05) is 61.5 Å². The van der Waals surface area contributed by atoms with E-state index in [1.165, 1.54) is 16.6 Å². The molecule has 2 aromatic carbocycles. The number of hydrogen-bond donors (Lipinski definition) is 1. The van der Waals surface area contributed by atoms with Crippen molar-refractivity contribution in [2.24, 2.45) is 5.10 Å². The van der Waals surface area contributed by atoms with Crippen LogP contribution in [0.1, 0.15) is 34.4 Å². The van der Waals surface area contributed by atoms with Gasteiger partial charge < -0.3 is 0 Å². The Hall–Kier alpha value is -3.23. The third-order valence-electron chi connectivity index (χ3n) is 5.75. The molecule has 2 heterocycles. The molecule has 0 bridgehead atoms. The van der Waals surface area contributed by atoms with Gasteiger partial charge >= 0.3 is 0 Å². The topological polar surface area (TPSA) is 76.3 Å². The number of nitrogens with one attached hydrogen (secondary N) is 1. The summed E-state index contributed by atoms with van der Waals surface area (Å²) in [5.74, 6) is -0.158. The van der Waals surface area contributed by atoms with Crippen LogP contribution in [0.2, 0.25) is 0 Å². The van der Waals surface area contributed by atoms with Gasteiger partial charge in [0.1, 0.15) is 4.83 Å². The van der Waals surface area contributed by atoms with Crippen LogP contribution in [0.5, 0.6) is 0 Å². The van der Waals surface area contributed by atoms with Gasteiger partial charge in [-0.2, -0.15) is 5.10 Å². The predicted molar refractivity (Wildman–Crippen MR) is 139 cm³/mol. The van der Waals surface area contributed by atoms with E-state index >= 15 is 0 Å². The van der Waals surface area contributed by atoms with E-state index in [9.17, 15) is 9.59 Å². The van der Waals surface area contributed by atoms with E-state index in [0.717, 1.165) is 58.3 Å². The number of amides is 1. The zero-order valence-corrected chi connectivity index (χ0v) is 20.4. The summed E-state index contributed by atoms with van der Waals surface area (Å²) in [6.45, 7) is 2.01. The summed E-state index contributed by atoms with van der Waals surface area (Å²) in [7, 11) is 0. The first-order valence-electron chi connectivity index (χ1n) is 11.2. The zero-order valence-electron chi connectivity index (χ0n) is 18.8. The maximum absolute atomic E-state index is 13.7. The standard InChI is InChI=1S/C26H24N4O2S2/c1-17-8-7-9-18(14-17)15-27-29-22(31)16-33-26-28-24-23(20-12-5-6-13-21(20)34-24)25(32)30(26)19-10-3-2-4-11-19/h2-4,7-11,14-15H,5-6,12-13,16H2,1H3,(H,29,31). The molecular weight excluding hydrogens is 464 g/mol. The van der Waals surface area contributed by atoms with Crippen LogP contribution in [0.4, 0.5) is 0 Å². The van der Waals surface area contributed by atoms with Gasteiger partial charge in [0, 0.05) is 4.88 Å². The van der Waals surface area contributed by atoms with Gasteiger partial charge in [-0.15, -0.1) is 11.3 Å². The Labute approximate surface area is 205 Å². The molecule has 1 amide bonds. The summed E-state index contributed by atoms with van der Waals surface area (Å²) in [5, 5.41) is 5.31. The number of thiophene rings is 1. The second-order valence-corrected chi connectivity index (χ2v) is 10.3. The largest absolute Gasteiger partial charge is 0.272 e. The Bertz CT molecular complexity index is 1440. The monoisotopic (exact) mass is 488 g/mol. The molecule has 34 heavy (non-hydrogen) atoms. The third-order valence-corrected chi connectivity index (χ3v) is 7.87. The van der Waals surface area contributed by atoms with Crippen LogP contribution in [0.15, 0.2) is 69.6 Å². The highest BCUT2D eigenvalue weighted by atomic mass is 32.2. The zero-order chi connectivity index (χ0) is 23.5. The van der Waals surface area contributed by atoms with Gasteiger partial charge in [-0.3, -0.25) is 14.2 Å². The molecular formula is C26H24N4O2S2. The summed E-state index contributed by atoms with van der Waals surface area (Å²) in [5.41, 5.74) is 6.46. The first-order valence-corrected chi connectivity index (χ1v) is 13.0. The molecule has 0 unspecified atom stereocenters. The van der Waals surface area contributed by atoms with Gasteiger partial charge in [0.25, 0.3) is 11.5 Å². The molecule has 0 saturated carbocycles. The average Bonchev–Trinajstić information content (AvgIpc) is 3.22. The van der Waals surface area contributed by atoms with Gasteiger partial charge in [-0.1, -0.05) is 59.8 Å². The summed E-state index contributed by atoms with van der Waals surface area (Å²) < 4.78 is 1.64. The highest BCUT2D eigenvalue weighted by molar-refractivity contribution is 7.99. The molecule has 0 spiro atoms. The van der Waals surface area contributed by atoms with E-state index in [2.05, 4.69) is 10.5 Å². The van der Waals surface area contributed by atoms with Gasteiger partial charge in [-0.05, 0) is 55.9 Å². The van der Waals surface area contributed by atoms with Crippen molar-refractivity contribution >= 4 is 45.4 Å². The van der Waals surface area contributed by atoms with Crippen molar-refractivity contribution in [2.45, 2.75) is 37.8 Å². The smallest absolute Gasteiger partial charge is 0.267 e. The van der Waals surface area contributed by atoms with Crippen LogP contribution in [0.3, 0.4) is 0 Å². The SMILES string of the molecule is Cc1cccc(C=NNC(=O)CSc2nc3sc4c(c3c(=O)n2-c2ccccc2)CCCC4)c1. The van der Waals surface area contributed by atoms with Crippen molar-refractivity contribution in [3.8, 4) is 5.69 Å². The molecule has 0 atom stereocenters. The Morgan fingerprint density at radius 3 is 2.82 bits per heavy atom. The maximum atomic E-state index is 13.7. The quantitative estimate of drug-likeness (QED) is 0.182. The molecule has 8 heteroatoms. The summed E-state index contributed by atoms with van der Waals surface area (Å²) in [4.78, 5) is 33.0. The predicted octanol–water partition coefficient (Wildman–Crippen LogP) is 4.88. The lowest BCUT2D eigenvalue weighted by atomic mass is 9.97. The number of aryl methyl sites for hydroxylation is 3. The number of benzene rings is 2. The van der Waals surface area contributed by atoms with Crippen LogP contribution in [0, 0.1) is 6.92 Å². The van der Waals surface area contributed by atoms with Crippen molar-refractivity contribution in [3.05, 3.63) is 86.5 Å². The minimum absolute atomic E-state index is 0.0593. The van der Waals surface area contributed by atoms with Crippen molar-refractivity contribution < 1.29 is 4.79 Å². The minimum Gasteiger partial charge on any atom is -0.272 e. The molecule has 0 radical (unpaired) electrons.